The lowest BCUT2D eigenvalue weighted by atomic mass is 9.80. The van der Waals surface area contributed by atoms with Crippen LogP contribution in [0.4, 0.5) is 13.2 Å². The average molecular weight is 219 g/mol. The minimum absolute atomic E-state index is 0.119. The fourth-order valence-electron chi connectivity index (χ4n) is 1.06. The molecule has 0 saturated carbocycles. The maximum atomic E-state index is 12.2. The SMILES string of the molecule is N[C@H](c1ccc(B(O)O)cc1)C(F)(F)F. The molecule has 0 aliphatic rings. The highest BCUT2D eigenvalue weighted by atomic mass is 19.4. The molecule has 1 rings (SSSR count). The Morgan fingerprint density at radius 3 is 1.93 bits per heavy atom. The number of rotatable bonds is 2. The van der Waals surface area contributed by atoms with Crippen LogP contribution in [-0.4, -0.2) is 23.3 Å². The van der Waals surface area contributed by atoms with Gasteiger partial charge in [0, 0.05) is 0 Å². The van der Waals surface area contributed by atoms with Crippen molar-refractivity contribution in [2.75, 3.05) is 0 Å². The summed E-state index contributed by atoms with van der Waals surface area (Å²) in [6.45, 7) is 0. The Morgan fingerprint density at radius 2 is 1.60 bits per heavy atom. The van der Waals surface area contributed by atoms with Crippen molar-refractivity contribution >= 4 is 12.6 Å². The number of alkyl halides is 3. The van der Waals surface area contributed by atoms with Gasteiger partial charge in [0.15, 0.2) is 0 Å². The van der Waals surface area contributed by atoms with Crippen molar-refractivity contribution < 1.29 is 23.2 Å². The summed E-state index contributed by atoms with van der Waals surface area (Å²) in [5.41, 5.74) is 4.95. The lowest BCUT2D eigenvalue weighted by Gasteiger charge is -2.15. The van der Waals surface area contributed by atoms with Gasteiger partial charge in [-0.2, -0.15) is 13.2 Å². The molecular weight excluding hydrogens is 210 g/mol. The van der Waals surface area contributed by atoms with Gasteiger partial charge in [-0.3, -0.25) is 0 Å². The van der Waals surface area contributed by atoms with Crippen molar-refractivity contribution in [3.63, 3.8) is 0 Å². The summed E-state index contributed by atoms with van der Waals surface area (Å²) < 4.78 is 36.5. The molecule has 0 spiro atoms. The normalized spacial score (nSPS) is 13.7. The molecule has 82 valence electrons. The van der Waals surface area contributed by atoms with Crippen LogP contribution in [0, 0.1) is 0 Å². The third-order valence-electron chi connectivity index (χ3n) is 1.95. The van der Waals surface area contributed by atoms with E-state index < -0.39 is 19.3 Å². The first-order valence-corrected chi connectivity index (χ1v) is 4.10. The molecule has 1 aromatic carbocycles. The van der Waals surface area contributed by atoms with Crippen molar-refractivity contribution in [2.45, 2.75) is 12.2 Å². The van der Waals surface area contributed by atoms with Crippen molar-refractivity contribution in [3.8, 4) is 0 Å². The zero-order valence-corrected chi connectivity index (χ0v) is 7.57. The van der Waals surface area contributed by atoms with E-state index in [1.807, 2.05) is 0 Å². The molecule has 0 heterocycles. The first kappa shape index (κ1) is 12.0. The van der Waals surface area contributed by atoms with Crippen molar-refractivity contribution in [1.29, 1.82) is 0 Å². The number of halogens is 3. The highest BCUT2D eigenvalue weighted by Gasteiger charge is 2.37. The van der Waals surface area contributed by atoms with Crippen LogP contribution >= 0.6 is 0 Å². The third-order valence-corrected chi connectivity index (χ3v) is 1.95. The number of nitrogens with two attached hydrogens (primary N) is 1. The van der Waals surface area contributed by atoms with Gasteiger partial charge in [0.1, 0.15) is 6.04 Å². The smallest absolute Gasteiger partial charge is 0.423 e. The number of hydrogen-bond donors (Lipinski definition) is 3. The minimum Gasteiger partial charge on any atom is -0.423 e. The average Bonchev–Trinajstić information content (AvgIpc) is 2.15. The van der Waals surface area contributed by atoms with E-state index in [4.69, 9.17) is 15.8 Å². The van der Waals surface area contributed by atoms with Gasteiger partial charge in [-0.25, -0.2) is 0 Å². The monoisotopic (exact) mass is 219 g/mol. The fourth-order valence-corrected chi connectivity index (χ4v) is 1.06. The van der Waals surface area contributed by atoms with E-state index in [-0.39, 0.29) is 11.0 Å². The zero-order valence-electron chi connectivity index (χ0n) is 7.57. The van der Waals surface area contributed by atoms with Crippen molar-refractivity contribution in [1.82, 2.24) is 0 Å². The van der Waals surface area contributed by atoms with E-state index in [9.17, 15) is 13.2 Å². The minimum atomic E-state index is -4.50. The zero-order chi connectivity index (χ0) is 11.6. The van der Waals surface area contributed by atoms with Crippen LogP contribution in [0.1, 0.15) is 11.6 Å². The van der Waals surface area contributed by atoms with Crippen LogP contribution in [-0.2, 0) is 0 Å². The Hall–Kier alpha value is -1.05. The molecule has 0 radical (unpaired) electrons. The van der Waals surface area contributed by atoms with Crippen LogP contribution in [0.15, 0.2) is 24.3 Å². The highest BCUT2D eigenvalue weighted by Crippen LogP contribution is 2.29. The van der Waals surface area contributed by atoms with Crippen LogP contribution in [0.2, 0.25) is 0 Å². The maximum Gasteiger partial charge on any atom is 0.488 e. The summed E-state index contributed by atoms with van der Waals surface area (Å²) in [6.07, 6.45) is -4.50. The quantitative estimate of drug-likeness (QED) is 0.610. The number of hydrogen-bond acceptors (Lipinski definition) is 3. The lowest BCUT2D eigenvalue weighted by molar-refractivity contribution is -0.149. The molecule has 1 aromatic rings. The van der Waals surface area contributed by atoms with Gasteiger partial charge in [-0.1, -0.05) is 24.3 Å². The Labute approximate surface area is 84.5 Å². The largest absolute Gasteiger partial charge is 0.488 e. The second kappa shape index (κ2) is 4.22. The first-order valence-electron chi connectivity index (χ1n) is 4.10. The van der Waals surface area contributed by atoms with Crippen molar-refractivity contribution in [2.24, 2.45) is 5.73 Å². The Kier molecular flexibility index (Phi) is 3.38. The molecule has 15 heavy (non-hydrogen) atoms. The predicted octanol–water partition coefficient (Wildman–Crippen LogP) is -0.0715. The molecule has 0 aromatic heterocycles. The molecular formula is C8H9BF3NO2. The van der Waals surface area contributed by atoms with Crippen molar-refractivity contribution in [3.05, 3.63) is 29.8 Å². The van der Waals surface area contributed by atoms with Gasteiger partial charge in [0.2, 0.25) is 0 Å². The summed E-state index contributed by atoms with van der Waals surface area (Å²) >= 11 is 0. The molecule has 0 aliphatic carbocycles. The Balaban J connectivity index is 2.89. The second-order valence-electron chi connectivity index (χ2n) is 3.06. The molecule has 4 N–H and O–H groups in total. The van der Waals surface area contributed by atoms with E-state index in [1.165, 1.54) is 12.1 Å². The summed E-state index contributed by atoms with van der Waals surface area (Å²) in [6, 6.07) is 2.55. The van der Waals surface area contributed by atoms with E-state index in [2.05, 4.69) is 0 Å². The predicted molar refractivity (Wildman–Crippen MR) is 49.3 cm³/mol. The molecule has 3 nitrogen and oxygen atoms in total. The standard InChI is InChI=1S/C8H9BF3NO2/c10-8(11,12)7(13)5-1-3-6(4-2-5)9(14)15/h1-4,7,14-15H,13H2/t7-/m1/s1. The number of benzene rings is 1. The molecule has 0 fully saturated rings. The van der Waals surface area contributed by atoms with E-state index >= 15 is 0 Å². The van der Waals surface area contributed by atoms with Gasteiger partial charge < -0.3 is 15.8 Å². The first-order chi connectivity index (χ1) is 6.82. The molecule has 0 unspecified atom stereocenters. The van der Waals surface area contributed by atoms with Crippen LogP contribution in [0.3, 0.4) is 0 Å². The molecule has 0 bridgehead atoms. The van der Waals surface area contributed by atoms with Crippen LogP contribution in [0.5, 0.6) is 0 Å². The van der Waals surface area contributed by atoms with Gasteiger partial charge in [0.05, 0.1) is 0 Å². The van der Waals surface area contributed by atoms with Crippen LogP contribution in [0.25, 0.3) is 0 Å². The van der Waals surface area contributed by atoms with E-state index in [0.29, 0.717) is 0 Å². The highest BCUT2D eigenvalue weighted by molar-refractivity contribution is 6.58. The molecule has 0 amide bonds. The molecule has 0 aliphatic heterocycles. The van der Waals surface area contributed by atoms with Gasteiger partial charge >= 0.3 is 13.3 Å². The van der Waals surface area contributed by atoms with E-state index in [0.717, 1.165) is 12.1 Å². The van der Waals surface area contributed by atoms with E-state index in [1.54, 1.807) is 0 Å². The second-order valence-corrected chi connectivity index (χ2v) is 3.06. The lowest BCUT2D eigenvalue weighted by Crippen LogP contribution is -2.31. The molecule has 7 heteroatoms. The molecule has 0 saturated heterocycles. The summed E-state index contributed by atoms with van der Waals surface area (Å²) in [7, 11) is -1.69. The van der Waals surface area contributed by atoms with Gasteiger partial charge in [-0.05, 0) is 11.0 Å². The fraction of sp³-hybridized carbons (Fsp3) is 0.250. The van der Waals surface area contributed by atoms with Gasteiger partial charge in [-0.15, -0.1) is 0 Å². The molecule has 1 atom stereocenters. The topological polar surface area (TPSA) is 66.5 Å². The summed E-state index contributed by atoms with van der Waals surface area (Å²) in [5, 5.41) is 17.4. The maximum absolute atomic E-state index is 12.2. The Bertz CT molecular complexity index is 326. The third kappa shape index (κ3) is 2.95. The Morgan fingerprint density at radius 1 is 1.13 bits per heavy atom. The van der Waals surface area contributed by atoms with Gasteiger partial charge in [0.25, 0.3) is 0 Å². The summed E-state index contributed by atoms with van der Waals surface area (Å²) in [5.74, 6) is 0. The van der Waals surface area contributed by atoms with Crippen LogP contribution < -0.4 is 11.2 Å². The summed E-state index contributed by atoms with van der Waals surface area (Å²) in [4.78, 5) is 0.